The third kappa shape index (κ3) is 5.31. The lowest BCUT2D eigenvalue weighted by atomic mass is 10.1. The van der Waals surface area contributed by atoms with Gasteiger partial charge in [0.1, 0.15) is 5.75 Å². The quantitative estimate of drug-likeness (QED) is 0.486. The van der Waals surface area contributed by atoms with Gasteiger partial charge >= 0.3 is 0 Å². The number of amides is 1. The molecular formula is C24H23Cl2N3O4S. The molecule has 0 spiro atoms. The molecule has 1 aliphatic heterocycles. The number of ether oxygens (including phenoxy) is 1. The lowest BCUT2D eigenvalue weighted by Gasteiger charge is -2.20. The van der Waals surface area contributed by atoms with E-state index in [1.807, 2.05) is 6.07 Å². The fourth-order valence-electron chi connectivity index (χ4n) is 3.83. The zero-order chi connectivity index (χ0) is 24.5. The first kappa shape index (κ1) is 24.3. The van der Waals surface area contributed by atoms with E-state index < -0.39 is 16.1 Å². The van der Waals surface area contributed by atoms with E-state index in [0.29, 0.717) is 34.6 Å². The maximum atomic E-state index is 13.0. The van der Waals surface area contributed by atoms with Crippen molar-refractivity contribution in [3.63, 3.8) is 0 Å². The van der Waals surface area contributed by atoms with Gasteiger partial charge in [-0.25, -0.2) is 8.42 Å². The van der Waals surface area contributed by atoms with Crippen LogP contribution in [0.3, 0.4) is 0 Å². The predicted octanol–water partition coefficient (Wildman–Crippen LogP) is 4.22. The second-order valence-corrected chi connectivity index (χ2v) is 10.5. The highest BCUT2D eigenvalue weighted by atomic mass is 35.5. The summed E-state index contributed by atoms with van der Waals surface area (Å²) in [4.78, 5) is 14.7. The van der Waals surface area contributed by atoms with E-state index in [0.717, 1.165) is 16.7 Å². The highest BCUT2D eigenvalue weighted by Crippen LogP contribution is 2.28. The van der Waals surface area contributed by atoms with Crippen molar-refractivity contribution in [2.45, 2.75) is 30.4 Å². The van der Waals surface area contributed by atoms with Crippen molar-refractivity contribution in [2.24, 2.45) is 5.73 Å². The molecular weight excluding hydrogens is 497 g/mol. The van der Waals surface area contributed by atoms with Crippen LogP contribution in [0.2, 0.25) is 10.0 Å². The minimum Gasteiger partial charge on any atom is -0.497 e. The largest absolute Gasteiger partial charge is 0.497 e. The first-order valence-electron chi connectivity index (χ1n) is 10.4. The van der Waals surface area contributed by atoms with Crippen LogP contribution < -0.4 is 15.2 Å². The van der Waals surface area contributed by atoms with E-state index in [1.165, 1.54) is 19.2 Å². The Kier molecular flexibility index (Phi) is 7.04. The van der Waals surface area contributed by atoms with Gasteiger partial charge in [-0.2, -0.15) is 0 Å². The number of halogens is 2. The molecule has 0 unspecified atom stereocenters. The molecule has 1 amide bonds. The molecule has 3 N–H and O–H groups in total. The number of hydrogen-bond acceptors (Lipinski definition) is 5. The molecule has 1 atom stereocenters. The Morgan fingerprint density at radius 3 is 2.44 bits per heavy atom. The number of rotatable bonds is 7. The predicted molar refractivity (Wildman–Crippen MR) is 133 cm³/mol. The van der Waals surface area contributed by atoms with Gasteiger partial charge in [0, 0.05) is 28.8 Å². The summed E-state index contributed by atoms with van der Waals surface area (Å²) >= 11 is 12.1. The highest BCUT2D eigenvalue weighted by Gasteiger charge is 2.28. The minimum atomic E-state index is -3.77. The van der Waals surface area contributed by atoms with Gasteiger partial charge in [-0.05, 0) is 71.6 Å². The molecule has 10 heteroatoms. The molecule has 178 valence electrons. The van der Waals surface area contributed by atoms with Crippen LogP contribution in [-0.4, -0.2) is 32.4 Å². The number of sulfonamides is 1. The molecule has 0 fully saturated rings. The molecule has 1 aliphatic rings. The molecule has 0 radical (unpaired) electrons. The molecule has 7 nitrogen and oxygen atoms in total. The number of carbonyl (C=O) groups is 1. The highest BCUT2D eigenvalue weighted by molar-refractivity contribution is 7.92. The van der Waals surface area contributed by atoms with Crippen LogP contribution in [0.25, 0.3) is 0 Å². The summed E-state index contributed by atoms with van der Waals surface area (Å²) in [7, 11) is -2.25. The number of nitrogens with zero attached hydrogens (tertiary/aromatic N) is 1. The Hall–Kier alpha value is -2.78. The molecule has 0 aromatic heterocycles. The number of anilines is 1. The summed E-state index contributed by atoms with van der Waals surface area (Å²) in [5, 5.41) is 0.983. The molecule has 0 aliphatic carbocycles. The number of carbonyl (C=O) groups excluding carboxylic acids is 1. The standard InChI is InChI=1S/C24H23Cl2N3O4S/c1-33-20-6-8-21(9-7-20)34(31,32)28-19-5-3-16-13-29(14-17(16)10-19)24(30)23(27)11-15-2-4-18(25)12-22(15)26/h2-10,12,23,28H,11,13-14,27H2,1H3/t23-/m1/s1. The van der Waals surface area contributed by atoms with Crippen LogP contribution >= 0.6 is 23.2 Å². The monoisotopic (exact) mass is 519 g/mol. The van der Waals surface area contributed by atoms with Crippen molar-refractivity contribution in [3.05, 3.63) is 87.4 Å². The Morgan fingerprint density at radius 2 is 1.76 bits per heavy atom. The van der Waals surface area contributed by atoms with E-state index in [2.05, 4.69) is 4.72 Å². The molecule has 3 aromatic rings. The topological polar surface area (TPSA) is 102 Å². The van der Waals surface area contributed by atoms with Gasteiger partial charge in [-0.1, -0.05) is 35.3 Å². The Morgan fingerprint density at radius 1 is 1.06 bits per heavy atom. The molecule has 34 heavy (non-hydrogen) atoms. The van der Waals surface area contributed by atoms with Crippen LogP contribution in [0.4, 0.5) is 5.69 Å². The van der Waals surface area contributed by atoms with E-state index in [4.69, 9.17) is 33.7 Å². The first-order valence-corrected chi connectivity index (χ1v) is 12.7. The van der Waals surface area contributed by atoms with Crippen LogP contribution in [-0.2, 0) is 34.3 Å². The SMILES string of the molecule is COc1ccc(S(=O)(=O)Nc2ccc3c(c2)CN(C(=O)[C@H](N)Cc2ccc(Cl)cc2Cl)C3)cc1. The second kappa shape index (κ2) is 9.84. The van der Waals surface area contributed by atoms with Gasteiger partial charge in [-0.3, -0.25) is 9.52 Å². The Labute approximate surface area is 208 Å². The molecule has 0 bridgehead atoms. The molecule has 3 aromatic carbocycles. The van der Waals surface area contributed by atoms with Gasteiger partial charge in [0.05, 0.1) is 18.0 Å². The molecule has 4 rings (SSSR count). The van der Waals surface area contributed by atoms with E-state index in [1.54, 1.807) is 47.4 Å². The number of benzene rings is 3. The van der Waals surface area contributed by atoms with Gasteiger partial charge < -0.3 is 15.4 Å². The van der Waals surface area contributed by atoms with Crippen molar-refractivity contribution >= 4 is 44.8 Å². The summed E-state index contributed by atoms with van der Waals surface area (Å²) in [5.74, 6) is 0.361. The first-order chi connectivity index (χ1) is 16.2. The van der Waals surface area contributed by atoms with Gasteiger partial charge in [0.15, 0.2) is 0 Å². The van der Waals surface area contributed by atoms with Gasteiger partial charge in [0.25, 0.3) is 10.0 Å². The van der Waals surface area contributed by atoms with Crippen molar-refractivity contribution in [3.8, 4) is 5.75 Å². The number of fused-ring (bicyclic) bond motifs is 1. The van der Waals surface area contributed by atoms with Crippen molar-refractivity contribution in [1.82, 2.24) is 4.90 Å². The number of nitrogens with two attached hydrogens (primary N) is 1. The summed E-state index contributed by atoms with van der Waals surface area (Å²) in [6, 6.07) is 15.7. The minimum absolute atomic E-state index is 0.123. The lowest BCUT2D eigenvalue weighted by molar-refractivity contribution is -0.133. The van der Waals surface area contributed by atoms with E-state index >= 15 is 0 Å². The smallest absolute Gasteiger partial charge is 0.261 e. The van der Waals surface area contributed by atoms with Crippen LogP contribution in [0.15, 0.2) is 65.6 Å². The normalized spacial score (nSPS) is 13.9. The maximum absolute atomic E-state index is 13.0. The maximum Gasteiger partial charge on any atom is 0.261 e. The van der Waals surface area contributed by atoms with Crippen LogP contribution in [0, 0.1) is 0 Å². The van der Waals surface area contributed by atoms with Crippen LogP contribution in [0.1, 0.15) is 16.7 Å². The van der Waals surface area contributed by atoms with E-state index in [-0.39, 0.29) is 17.2 Å². The van der Waals surface area contributed by atoms with Crippen LogP contribution in [0.5, 0.6) is 5.75 Å². The summed E-state index contributed by atoms with van der Waals surface area (Å²) in [6.45, 7) is 0.746. The number of hydrogen-bond donors (Lipinski definition) is 2. The molecule has 0 saturated heterocycles. The molecule has 0 saturated carbocycles. The van der Waals surface area contributed by atoms with Crippen molar-refractivity contribution in [2.75, 3.05) is 11.8 Å². The number of nitrogens with one attached hydrogen (secondary N) is 1. The summed E-state index contributed by atoms with van der Waals surface area (Å²) in [6.07, 6.45) is 0.286. The van der Waals surface area contributed by atoms with E-state index in [9.17, 15) is 13.2 Å². The average molecular weight is 520 g/mol. The second-order valence-electron chi connectivity index (χ2n) is 8.01. The fourth-order valence-corrected chi connectivity index (χ4v) is 5.36. The third-order valence-corrected chi connectivity index (χ3v) is 7.62. The zero-order valence-corrected chi connectivity index (χ0v) is 20.6. The van der Waals surface area contributed by atoms with Gasteiger partial charge in [-0.15, -0.1) is 0 Å². The number of methoxy groups -OCH3 is 1. The Balaban J connectivity index is 1.43. The molecule has 1 heterocycles. The average Bonchev–Trinajstić information content (AvgIpc) is 3.23. The zero-order valence-electron chi connectivity index (χ0n) is 18.3. The summed E-state index contributed by atoms with van der Waals surface area (Å²) in [5.41, 5.74) is 9.16. The van der Waals surface area contributed by atoms with Crippen molar-refractivity contribution in [1.29, 1.82) is 0 Å². The lowest BCUT2D eigenvalue weighted by Crippen LogP contribution is -2.42. The Bertz CT molecular complexity index is 1330. The summed E-state index contributed by atoms with van der Waals surface area (Å²) < 4.78 is 33.1. The third-order valence-electron chi connectivity index (χ3n) is 5.63. The van der Waals surface area contributed by atoms with Crippen molar-refractivity contribution < 1.29 is 17.9 Å². The van der Waals surface area contributed by atoms with Gasteiger partial charge in [0.2, 0.25) is 5.91 Å². The fraction of sp³-hybridized carbons (Fsp3) is 0.208.